The summed E-state index contributed by atoms with van der Waals surface area (Å²) in [6.45, 7) is 4.38. The Balaban J connectivity index is 1.52. The predicted molar refractivity (Wildman–Crippen MR) is 91.4 cm³/mol. The van der Waals surface area contributed by atoms with E-state index in [9.17, 15) is 13.2 Å². The predicted octanol–water partition coefficient (Wildman–Crippen LogP) is 2.78. The van der Waals surface area contributed by atoms with E-state index in [-0.39, 0.29) is 0 Å². The topological polar surface area (TPSA) is 49.6 Å². The quantitative estimate of drug-likeness (QED) is 0.702. The normalized spacial score (nSPS) is 15.7. The molecule has 3 aromatic rings. The number of alkyl halides is 3. The maximum Gasteiger partial charge on any atom is 0.416 e. The molecule has 0 amide bonds. The smallest absolute Gasteiger partial charge is 0.368 e. The number of anilines is 2. The van der Waals surface area contributed by atoms with E-state index in [2.05, 4.69) is 20.1 Å². The van der Waals surface area contributed by atoms with Crippen LogP contribution in [0.2, 0.25) is 0 Å². The molecule has 0 N–H and O–H groups in total. The van der Waals surface area contributed by atoms with Crippen molar-refractivity contribution in [3.05, 3.63) is 48.0 Å². The number of piperazine rings is 1. The molecule has 0 radical (unpaired) electrons. The van der Waals surface area contributed by atoms with Crippen LogP contribution < -0.4 is 9.80 Å². The highest BCUT2D eigenvalue weighted by molar-refractivity contribution is 5.64. The molecule has 2 aromatic heterocycles. The fraction of sp³-hybridized carbons (Fsp3) is 0.353. The summed E-state index contributed by atoms with van der Waals surface area (Å²) < 4.78 is 40.6. The second-order valence-electron chi connectivity index (χ2n) is 6.21. The van der Waals surface area contributed by atoms with Crippen molar-refractivity contribution in [1.82, 2.24) is 19.6 Å². The van der Waals surface area contributed by atoms with E-state index in [4.69, 9.17) is 0 Å². The van der Waals surface area contributed by atoms with Gasteiger partial charge >= 0.3 is 6.18 Å². The zero-order valence-corrected chi connectivity index (χ0v) is 14.1. The molecule has 0 aliphatic carbocycles. The van der Waals surface area contributed by atoms with Gasteiger partial charge in [-0.05, 0) is 25.1 Å². The summed E-state index contributed by atoms with van der Waals surface area (Å²) in [4.78, 5) is 8.47. The molecule has 136 valence electrons. The van der Waals surface area contributed by atoms with E-state index in [0.29, 0.717) is 37.5 Å². The number of aromatic nitrogens is 4. The van der Waals surface area contributed by atoms with Crippen LogP contribution in [0.1, 0.15) is 11.4 Å². The third-order valence-electron chi connectivity index (χ3n) is 4.60. The second-order valence-corrected chi connectivity index (χ2v) is 6.21. The number of hydrogen-bond donors (Lipinski definition) is 0. The van der Waals surface area contributed by atoms with E-state index in [1.807, 2.05) is 22.4 Å². The van der Waals surface area contributed by atoms with Gasteiger partial charge in [-0.1, -0.05) is 6.07 Å². The molecule has 1 aromatic carbocycles. The van der Waals surface area contributed by atoms with Crippen molar-refractivity contribution in [1.29, 1.82) is 0 Å². The first kappa shape index (κ1) is 16.6. The van der Waals surface area contributed by atoms with Gasteiger partial charge in [0.25, 0.3) is 0 Å². The third kappa shape index (κ3) is 2.93. The molecular formula is C17H17F3N6. The first-order valence-corrected chi connectivity index (χ1v) is 8.27. The molecule has 1 saturated heterocycles. The lowest BCUT2D eigenvalue weighted by atomic mass is 10.1. The number of benzene rings is 1. The number of fused-ring (bicyclic) bond motifs is 1. The van der Waals surface area contributed by atoms with Gasteiger partial charge in [-0.3, -0.25) is 4.40 Å². The van der Waals surface area contributed by atoms with E-state index >= 15 is 0 Å². The van der Waals surface area contributed by atoms with Gasteiger partial charge in [0.15, 0.2) is 5.82 Å². The molecule has 0 saturated carbocycles. The minimum absolute atomic E-state index is 0.587. The van der Waals surface area contributed by atoms with Crippen LogP contribution in [0.3, 0.4) is 0 Å². The van der Waals surface area contributed by atoms with Gasteiger partial charge in [-0.25, -0.2) is 4.98 Å². The van der Waals surface area contributed by atoms with Crippen molar-refractivity contribution in [3.63, 3.8) is 0 Å². The van der Waals surface area contributed by atoms with Crippen LogP contribution in [-0.2, 0) is 6.18 Å². The van der Waals surface area contributed by atoms with Gasteiger partial charge in [-0.2, -0.15) is 13.2 Å². The summed E-state index contributed by atoms with van der Waals surface area (Å²) in [7, 11) is 0. The third-order valence-corrected chi connectivity index (χ3v) is 4.60. The lowest BCUT2D eigenvalue weighted by molar-refractivity contribution is -0.137. The molecule has 4 rings (SSSR count). The highest BCUT2D eigenvalue weighted by atomic mass is 19.4. The van der Waals surface area contributed by atoms with Crippen LogP contribution in [0.25, 0.3) is 5.65 Å². The Morgan fingerprint density at radius 3 is 2.46 bits per heavy atom. The van der Waals surface area contributed by atoms with Crippen LogP contribution in [0.15, 0.2) is 36.7 Å². The second kappa shape index (κ2) is 6.15. The minimum atomic E-state index is -4.33. The summed E-state index contributed by atoms with van der Waals surface area (Å²) in [5.74, 6) is 1.53. The molecule has 1 fully saturated rings. The van der Waals surface area contributed by atoms with Crippen molar-refractivity contribution < 1.29 is 13.2 Å². The Morgan fingerprint density at radius 2 is 1.73 bits per heavy atom. The molecule has 9 heteroatoms. The van der Waals surface area contributed by atoms with Crippen LogP contribution in [0, 0.1) is 6.92 Å². The molecule has 1 aliphatic rings. The van der Waals surface area contributed by atoms with E-state index in [1.54, 1.807) is 12.3 Å². The van der Waals surface area contributed by atoms with Gasteiger partial charge in [0.1, 0.15) is 5.82 Å². The molecule has 26 heavy (non-hydrogen) atoms. The fourth-order valence-electron chi connectivity index (χ4n) is 3.21. The SMILES string of the molecule is Cc1nnc2c(N3CCN(c4cccc(C(F)(F)F)c4)CC3)nccn12. The molecule has 0 spiro atoms. The number of hydrogen-bond acceptors (Lipinski definition) is 5. The zero-order chi connectivity index (χ0) is 18.3. The summed E-state index contributed by atoms with van der Waals surface area (Å²) in [6.07, 6.45) is -0.812. The van der Waals surface area contributed by atoms with Crippen LogP contribution in [0.5, 0.6) is 0 Å². The molecule has 0 bridgehead atoms. The lowest BCUT2D eigenvalue weighted by Gasteiger charge is -2.36. The minimum Gasteiger partial charge on any atom is -0.368 e. The summed E-state index contributed by atoms with van der Waals surface area (Å²) in [6, 6.07) is 5.46. The number of aryl methyl sites for hydroxylation is 1. The van der Waals surface area contributed by atoms with Crippen molar-refractivity contribution in [2.24, 2.45) is 0 Å². The summed E-state index contributed by atoms with van der Waals surface area (Å²) >= 11 is 0. The Labute approximate surface area is 147 Å². The number of rotatable bonds is 2. The number of halogens is 3. The van der Waals surface area contributed by atoms with Crippen LogP contribution in [0.4, 0.5) is 24.7 Å². The fourth-order valence-corrected chi connectivity index (χ4v) is 3.21. The Hall–Kier alpha value is -2.84. The molecule has 6 nitrogen and oxygen atoms in total. The largest absolute Gasteiger partial charge is 0.416 e. The Morgan fingerprint density at radius 1 is 1.00 bits per heavy atom. The maximum absolute atomic E-state index is 12.9. The van der Waals surface area contributed by atoms with Gasteiger partial charge in [0.2, 0.25) is 5.65 Å². The van der Waals surface area contributed by atoms with E-state index in [1.165, 1.54) is 12.1 Å². The van der Waals surface area contributed by atoms with Crippen molar-refractivity contribution in [2.75, 3.05) is 36.0 Å². The average Bonchev–Trinajstić information content (AvgIpc) is 3.03. The highest BCUT2D eigenvalue weighted by Crippen LogP contribution is 2.32. The molecule has 3 heterocycles. The lowest BCUT2D eigenvalue weighted by Crippen LogP contribution is -2.47. The van der Waals surface area contributed by atoms with Gasteiger partial charge in [-0.15, -0.1) is 10.2 Å². The Bertz CT molecular complexity index is 928. The highest BCUT2D eigenvalue weighted by Gasteiger charge is 2.31. The Kier molecular flexibility index (Phi) is 3.93. The monoisotopic (exact) mass is 362 g/mol. The summed E-state index contributed by atoms with van der Waals surface area (Å²) in [5.41, 5.74) is 0.657. The number of nitrogens with zero attached hydrogens (tertiary/aromatic N) is 6. The van der Waals surface area contributed by atoms with Gasteiger partial charge < -0.3 is 9.80 Å². The maximum atomic E-state index is 12.9. The summed E-state index contributed by atoms with van der Waals surface area (Å²) in [5, 5.41) is 8.26. The van der Waals surface area contributed by atoms with Crippen LogP contribution in [-0.4, -0.2) is 45.8 Å². The first-order valence-electron chi connectivity index (χ1n) is 8.27. The molecular weight excluding hydrogens is 345 g/mol. The average molecular weight is 362 g/mol. The van der Waals surface area contributed by atoms with E-state index < -0.39 is 11.7 Å². The first-order chi connectivity index (χ1) is 12.4. The van der Waals surface area contributed by atoms with Crippen LogP contribution >= 0.6 is 0 Å². The van der Waals surface area contributed by atoms with Crippen molar-refractivity contribution in [2.45, 2.75) is 13.1 Å². The van der Waals surface area contributed by atoms with E-state index in [0.717, 1.165) is 17.7 Å². The zero-order valence-electron chi connectivity index (χ0n) is 14.1. The van der Waals surface area contributed by atoms with Gasteiger partial charge in [0, 0.05) is 44.3 Å². The van der Waals surface area contributed by atoms with Gasteiger partial charge in [0.05, 0.1) is 5.56 Å². The van der Waals surface area contributed by atoms with Crippen molar-refractivity contribution >= 4 is 17.2 Å². The molecule has 0 unspecified atom stereocenters. The standard InChI is InChI=1S/C17H17F3N6/c1-12-22-23-16-15(21-5-6-26(12)16)25-9-7-24(8-10-25)14-4-2-3-13(11-14)17(18,19)20/h2-6,11H,7-10H2,1H3. The van der Waals surface area contributed by atoms with Crippen molar-refractivity contribution in [3.8, 4) is 0 Å². The molecule has 0 atom stereocenters. The molecule has 1 aliphatic heterocycles.